The van der Waals surface area contributed by atoms with Crippen LogP contribution in [0.15, 0.2) is 42.5 Å². The maximum atomic E-state index is 10.7. The Morgan fingerprint density at radius 2 is 1.84 bits per heavy atom. The molecule has 25 heavy (non-hydrogen) atoms. The highest BCUT2D eigenvalue weighted by Gasteiger charge is 2.09. The first-order valence-electron chi connectivity index (χ1n) is 8.30. The van der Waals surface area contributed by atoms with E-state index in [2.05, 4.69) is 12.2 Å². The van der Waals surface area contributed by atoms with Gasteiger partial charge in [-0.25, -0.2) is 0 Å². The van der Waals surface area contributed by atoms with Crippen LogP contribution in [-0.2, 0) is 17.6 Å². The number of aliphatic carboxylic acids is 1. The summed E-state index contributed by atoms with van der Waals surface area (Å²) < 4.78 is 10.6. The highest BCUT2D eigenvalue weighted by molar-refractivity contribution is 5.67. The fourth-order valence-corrected chi connectivity index (χ4v) is 2.76. The lowest BCUT2D eigenvalue weighted by atomic mass is 10.1. The molecular formula is C20H25NO4. The zero-order valence-electron chi connectivity index (χ0n) is 14.9. The first-order valence-corrected chi connectivity index (χ1v) is 8.30. The number of carboxylic acids is 1. The van der Waals surface area contributed by atoms with Gasteiger partial charge in [0.1, 0.15) is 0 Å². The Balaban J connectivity index is 1.99. The van der Waals surface area contributed by atoms with E-state index in [9.17, 15) is 4.79 Å². The SMILES string of the molecule is COc1ccc(CC(C)Nc2cccc(CCC(=O)O)c2)cc1OC. The number of hydrogen-bond acceptors (Lipinski definition) is 4. The van der Waals surface area contributed by atoms with Crippen molar-refractivity contribution >= 4 is 11.7 Å². The predicted molar refractivity (Wildman–Crippen MR) is 98.7 cm³/mol. The van der Waals surface area contributed by atoms with Crippen LogP contribution >= 0.6 is 0 Å². The normalized spacial score (nSPS) is 11.6. The summed E-state index contributed by atoms with van der Waals surface area (Å²) in [5.41, 5.74) is 3.17. The summed E-state index contributed by atoms with van der Waals surface area (Å²) in [5.74, 6) is 0.668. The van der Waals surface area contributed by atoms with Crippen LogP contribution in [0.5, 0.6) is 11.5 Å². The van der Waals surface area contributed by atoms with Crippen LogP contribution < -0.4 is 14.8 Å². The standard InChI is InChI=1S/C20H25NO4/c1-14(11-16-7-9-18(24-2)19(13-16)25-3)21-17-6-4-5-15(12-17)8-10-20(22)23/h4-7,9,12-14,21H,8,10-11H2,1-3H3,(H,22,23). The van der Waals surface area contributed by atoms with Crippen LogP contribution in [-0.4, -0.2) is 31.3 Å². The maximum Gasteiger partial charge on any atom is 0.303 e. The van der Waals surface area contributed by atoms with Gasteiger partial charge in [0, 0.05) is 18.2 Å². The van der Waals surface area contributed by atoms with Crippen molar-refractivity contribution in [3.63, 3.8) is 0 Å². The lowest BCUT2D eigenvalue weighted by Gasteiger charge is -2.17. The van der Waals surface area contributed by atoms with E-state index in [0.29, 0.717) is 6.42 Å². The molecule has 0 aliphatic carbocycles. The summed E-state index contributed by atoms with van der Waals surface area (Å²) in [6.45, 7) is 2.11. The quantitative estimate of drug-likeness (QED) is 0.725. The average Bonchev–Trinajstić information content (AvgIpc) is 2.60. The van der Waals surface area contributed by atoms with Crippen LogP contribution in [0, 0.1) is 0 Å². The average molecular weight is 343 g/mol. The minimum atomic E-state index is -0.778. The van der Waals surface area contributed by atoms with Crippen molar-refractivity contribution in [2.24, 2.45) is 0 Å². The molecule has 2 aromatic carbocycles. The van der Waals surface area contributed by atoms with E-state index in [1.54, 1.807) is 14.2 Å². The van der Waals surface area contributed by atoms with Crippen molar-refractivity contribution in [3.8, 4) is 11.5 Å². The third-order valence-electron chi connectivity index (χ3n) is 3.96. The Kier molecular flexibility index (Phi) is 6.69. The number of hydrogen-bond donors (Lipinski definition) is 2. The first kappa shape index (κ1) is 18.6. The minimum absolute atomic E-state index is 0.144. The fraction of sp³-hybridized carbons (Fsp3) is 0.350. The number of benzene rings is 2. The number of aryl methyl sites for hydroxylation is 1. The molecule has 0 fully saturated rings. The fourth-order valence-electron chi connectivity index (χ4n) is 2.76. The van der Waals surface area contributed by atoms with E-state index in [1.165, 1.54) is 0 Å². The molecule has 0 saturated carbocycles. The molecule has 0 amide bonds. The summed E-state index contributed by atoms with van der Waals surface area (Å²) in [6.07, 6.45) is 1.51. The van der Waals surface area contributed by atoms with Gasteiger partial charge in [-0.2, -0.15) is 0 Å². The molecule has 0 radical (unpaired) electrons. The number of methoxy groups -OCH3 is 2. The molecule has 2 aromatic rings. The molecule has 2 N–H and O–H groups in total. The van der Waals surface area contributed by atoms with Crippen LogP contribution in [0.1, 0.15) is 24.5 Å². The number of anilines is 1. The number of ether oxygens (including phenoxy) is 2. The zero-order chi connectivity index (χ0) is 18.2. The molecule has 5 heteroatoms. The second-order valence-corrected chi connectivity index (χ2v) is 6.03. The Hall–Kier alpha value is -2.69. The van der Waals surface area contributed by atoms with Gasteiger partial charge >= 0.3 is 5.97 Å². The number of carboxylic acid groups (broad SMARTS) is 1. The predicted octanol–water partition coefficient (Wildman–Crippen LogP) is 3.76. The lowest BCUT2D eigenvalue weighted by molar-refractivity contribution is -0.136. The van der Waals surface area contributed by atoms with Crippen molar-refractivity contribution in [2.45, 2.75) is 32.2 Å². The van der Waals surface area contributed by atoms with Gasteiger partial charge in [0.2, 0.25) is 0 Å². The van der Waals surface area contributed by atoms with Crippen molar-refractivity contribution in [3.05, 3.63) is 53.6 Å². The number of nitrogens with one attached hydrogen (secondary N) is 1. The van der Waals surface area contributed by atoms with E-state index in [0.717, 1.165) is 34.7 Å². The minimum Gasteiger partial charge on any atom is -0.493 e. The third kappa shape index (κ3) is 5.71. The molecule has 134 valence electrons. The molecule has 0 aliphatic heterocycles. The largest absolute Gasteiger partial charge is 0.493 e. The molecular weight excluding hydrogens is 318 g/mol. The molecule has 0 heterocycles. The molecule has 2 rings (SSSR count). The van der Waals surface area contributed by atoms with Crippen LogP contribution in [0.2, 0.25) is 0 Å². The molecule has 0 aliphatic rings. The van der Waals surface area contributed by atoms with Gasteiger partial charge in [0.05, 0.1) is 14.2 Å². The molecule has 5 nitrogen and oxygen atoms in total. The van der Waals surface area contributed by atoms with E-state index in [4.69, 9.17) is 14.6 Å². The molecule has 0 saturated heterocycles. The van der Waals surface area contributed by atoms with Gasteiger partial charge in [0.25, 0.3) is 0 Å². The summed E-state index contributed by atoms with van der Waals surface area (Å²) in [4.78, 5) is 10.7. The second kappa shape index (κ2) is 8.97. The van der Waals surface area contributed by atoms with Crippen molar-refractivity contribution in [1.29, 1.82) is 0 Å². The smallest absolute Gasteiger partial charge is 0.303 e. The van der Waals surface area contributed by atoms with Gasteiger partial charge in [-0.15, -0.1) is 0 Å². The third-order valence-corrected chi connectivity index (χ3v) is 3.96. The van der Waals surface area contributed by atoms with Gasteiger partial charge in [0.15, 0.2) is 11.5 Å². The molecule has 0 bridgehead atoms. The van der Waals surface area contributed by atoms with Gasteiger partial charge in [-0.3, -0.25) is 4.79 Å². The van der Waals surface area contributed by atoms with Crippen LogP contribution in [0.25, 0.3) is 0 Å². The first-order chi connectivity index (χ1) is 12.0. The Bertz CT molecular complexity index is 715. The molecule has 0 aromatic heterocycles. The van der Waals surface area contributed by atoms with Gasteiger partial charge in [-0.1, -0.05) is 18.2 Å². The van der Waals surface area contributed by atoms with E-state index in [-0.39, 0.29) is 12.5 Å². The topological polar surface area (TPSA) is 67.8 Å². The molecule has 0 spiro atoms. The van der Waals surface area contributed by atoms with Crippen LogP contribution in [0.3, 0.4) is 0 Å². The van der Waals surface area contributed by atoms with Crippen molar-refractivity contribution in [2.75, 3.05) is 19.5 Å². The van der Waals surface area contributed by atoms with E-state index < -0.39 is 5.97 Å². The summed E-state index contributed by atoms with van der Waals surface area (Å²) in [5, 5.41) is 12.3. The van der Waals surface area contributed by atoms with Crippen molar-refractivity contribution in [1.82, 2.24) is 0 Å². The van der Waals surface area contributed by atoms with Crippen molar-refractivity contribution < 1.29 is 19.4 Å². The zero-order valence-corrected chi connectivity index (χ0v) is 14.9. The lowest BCUT2D eigenvalue weighted by Crippen LogP contribution is -2.18. The molecule has 1 atom stereocenters. The number of carbonyl (C=O) groups is 1. The van der Waals surface area contributed by atoms with E-state index >= 15 is 0 Å². The second-order valence-electron chi connectivity index (χ2n) is 6.03. The Morgan fingerprint density at radius 3 is 2.52 bits per heavy atom. The maximum absolute atomic E-state index is 10.7. The highest BCUT2D eigenvalue weighted by Crippen LogP contribution is 2.28. The van der Waals surface area contributed by atoms with Gasteiger partial charge in [-0.05, 0) is 55.2 Å². The Labute approximate surface area is 148 Å². The summed E-state index contributed by atoms with van der Waals surface area (Å²) in [6, 6.07) is 14.0. The number of rotatable bonds is 9. The Morgan fingerprint density at radius 1 is 1.08 bits per heavy atom. The summed E-state index contributed by atoms with van der Waals surface area (Å²) in [7, 11) is 3.25. The molecule has 1 unspecified atom stereocenters. The van der Waals surface area contributed by atoms with Gasteiger partial charge < -0.3 is 19.9 Å². The van der Waals surface area contributed by atoms with Crippen LogP contribution in [0.4, 0.5) is 5.69 Å². The summed E-state index contributed by atoms with van der Waals surface area (Å²) >= 11 is 0. The highest BCUT2D eigenvalue weighted by atomic mass is 16.5. The van der Waals surface area contributed by atoms with E-state index in [1.807, 2.05) is 42.5 Å². The monoisotopic (exact) mass is 343 g/mol.